The van der Waals surface area contributed by atoms with Gasteiger partial charge in [0, 0.05) is 49.1 Å². The fourth-order valence-electron chi connectivity index (χ4n) is 7.92. The van der Waals surface area contributed by atoms with Gasteiger partial charge in [0.2, 0.25) is 0 Å². The fraction of sp³-hybridized carbons (Fsp3) is 0.424. The molecule has 0 aliphatic carbocycles. The number of alkyl halides is 1. The highest BCUT2D eigenvalue weighted by molar-refractivity contribution is 6.35. The van der Waals surface area contributed by atoms with Gasteiger partial charge in [-0.3, -0.25) is 4.90 Å². The molecule has 0 saturated carbocycles. The molecule has 0 spiro atoms. The van der Waals surface area contributed by atoms with Crippen LogP contribution in [0.3, 0.4) is 0 Å². The summed E-state index contributed by atoms with van der Waals surface area (Å²) in [4.78, 5) is 17.9. The second kappa shape index (κ2) is 11.6. The summed E-state index contributed by atoms with van der Waals surface area (Å²) in [6.07, 6.45) is 5.12. The van der Waals surface area contributed by atoms with E-state index in [-0.39, 0.29) is 81.1 Å². The number of nitrogens with zero attached hydrogens (tertiary/aromatic N) is 5. The molecule has 4 aliphatic rings. The maximum atomic E-state index is 16.9. The monoisotopic (exact) mass is 671 g/mol. The van der Waals surface area contributed by atoms with Gasteiger partial charge in [0.25, 0.3) is 0 Å². The molecule has 8 rings (SSSR count). The van der Waals surface area contributed by atoms with Crippen LogP contribution < -0.4 is 15.0 Å². The van der Waals surface area contributed by atoms with E-state index >= 15 is 4.39 Å². The number of halogens is 5. The summed E-state index contributed by atoms with van der Waals surface area (Å²) in [7, 11) is 0. The number of phenolic OH excluding ortho intramolecular Hbond substituents is 1. The number of anilines is 1. The highest BCUT2D eigenvalue weighted by Crippen LogP contribution is 2.43. The van der Waals surface area contributed by atoms with Crippen molar-refractivity contribution in [1.82, 2.24) is 25.2 Å². The van der Waals surface area contributed by atoms with E-state index in [9.17, 15) is 13.9 Å². The zero-order valence-electron chi connectivity index (χ0n) is 25.6. The van der Waals surface area contributed by atoms with Crippen molar-refractivity contribution in [3.8, 4) is 35.3 Å². The molecule has 2 aromatic carbocycles. The number of ether oxygens (including phenoxy) is 1. The number of fused-ring (bicyclic) bond motifs is 5. The predicted octanol–water partition coefficient (Wildman–Crippen LogP) is 5.78. The summed E-state index contributed by atoms with van der Waals surface area (Å²) >= 11 is 6.86. The molecule has 240 valence electrons. The van der Waals surface area contributed by atoms with Crippen molar-refractivity contribution in [3.63, 3.8) is 0 Å². The molecular weight excluding hydrogens is 640 g/mol. The van der Waals surface area contributed by atoms with Gasteiger partial charge in [0.15, 0.2) is 5.82 Å². The van der Waals surface area contributed by atoms with Crippen LogP contribution in [-0.2, 0) is 0 Å². The van der Waals surface area contributed by atoms with Gasteiger partial charge in [-0.05, 0) is 55.8 Å². The smallest absolute Gasteiger partial charge is 0.319 e. The number of rotatable bonds is 5. The second-order valence-corrected chi connectivity index (χ2v) is 13.0. The minimum absolute atomic E-state index is 0. The number of phenols is 1. The molecular formula is C33H31Cl2F3N6O2. The highest BCUT2D eigenvalue weighted by Gasteiger charge is 2.49. The van der Waals surface area contributed by atoms with Gasteiger partial charge in [-0.2, -0.15) is 9.97 Å². The van der Waals surface area contributed by atoms with Crippen LogP contribution in [0.1, 0.15) is 39.0 Å². The molecule has 4 aliphatic heterocycles. The third kappa shape index (κ3) is 4.98. The van der Waals surface area contributed by atoms with Gasteiger partial charge >= 0.3 is 6.01 Å². The standard InChI is InChI=1S/C33H30ClF3N6O2.ClH/c1-2-22-24(36)7-4-17-10-21(44)11-23(25(17)22)28-27(37)29-26(30(34)39-28)31(42-14-19-5-6-20(15-42)38-19)41-32(40-29)45-16-33-8-3-9-43(33)13-18(35)12-33;/h1,4,7,10-11,18-20,38,44H,3,5-6,8-9,12-16H2;1H/t18-,19-,20+,33+;/m1./s1/i1D;. The summed E-state index contributed by atoms with van der Waals surface area (Å²) in [5.41, 5.74) is -0.975. The normalized spacial score (nSPS) is 25.7. The molecule has 6 heterocycles. The summed E-state index contributed by atoms with van der Waals surface area (Å²) in [5, 5.41) is 14.8. The van der Waals surface area contributed by atoms with Crippen molar-refractivity contribution in [1.29, 1.82) is 0 Å². The third-order valence-electron chi connectivity index (χ3n) is 9.88. The van der Waals surface area contributed by atoms with Gasteiger partial charge in [-0.15, -0.1) is 18.8 Å². The minimum atomic E-state index is -0.940. The van der Waals surface area contributed by atoms with Crippen LogP contribution >= 0.6 is 24.0 Å². The van der Waals surface area contributed by atoms with E-state index in [1.54, 1.807) is 0 Å². The number of pyridine rings is 1. The van der Waals surface area contributed by atoms with Crippen LogP contribution in [0.15, 0.2) is 24.3 Å². The molecule has 8 nitrogen and oxygen atoms in total. The van der Waals surface area contributed by atoms with Crippen molar-refractivity contribution in [2.75, 3.05) is 37.7 Å². The van der Waals surface area contributed by atoms with E-state index in [4.69, 9.17) is 22.7 Å². The molecule has 4 fully saturated rings. The van der Waals surface area contributed by atoms with Gasteiger partial charge in [0.05, 0.1) is 16.5 Å². The van der Waals surface area contributed by atoms with Crippen LogP contribution in [0.5, 0.6) is 11.8 Å². The first-order valence-corrected chi connectivity index (χ1v) is 15.6. The van der Waals surface area contributed by atoms with Crippen molar-refractivity contribution < 1.29 is 24.4 Å². The van der Waals surface area contributed by atoms with Crippen LogP contribution in [0.25, 0.3) is 32.9 Å². The highest BCUT2D eigenvalue weighted by atomic mass is 35.5. The molecule has 0 unspecified atom stereocenters. The zero-order valence-corrected chi connectivity index (χ0v) is 26.2. The summed E-state index contributed by atoms with van der Waals surface area (Å²) in [5.74, 6) is 1.07. The van der Waals surface area contributed by atoms with E-state index in [1.165, 1.54) is 24.3 Å². The van der Waals surface area contributed by atoms with Crippen LogP contribution in [0.2, 0.25) is 5.15 Å². The van der Waals surface area contributed by atoms with Crippen molar-refractivity contribution in [2.24, 2.45) is 0 Å². The number of aromatic nitrogens is 3. The number of aromatic hydroxyl groups is 1. The SMILES string of the molecule is Cl.[2H]C#Cc1c(F)ccc2cc(O)cc(-c3nc(Cl)c4c(N5C[C@H]6CC[C@@H](C5)N6)nc(OC[C@@]56CCCN5C[C@H](F)C6)nc4c3F)c12. The number of hydrogen-bond donors (Lipinski definition) is 2. The first-order valence-electron chi connectivity index (χ1n) is 15.7. The Morgan fingerprint density at radius 3 is 2.74 bits per heavy atom. The summed E-state index contributed by atoms with van der Waals surface area (Å²) in [6, 6.07) is 5.68. The molecule has 4 aromatic rings. The number of hydrogen-bond acceptors (Lipinski definition) is 8. The lowest BCUT2D eigenvalue weighted by Crippen LogP contribution is -2.51. The molecule has 13 heteroatoms. The fourth-order valence-corrected chi connectivity index (χ4v) is 8.17. The predicted molar refractivity (Wildman–Crippen MR) is 173 cm³/mol. The Kier molecular flexibility index (Phi) is 7.52. The molecule has 2 bridgehead atoms. The second-order valence-electron chi connectivity index (χ2n) is 12.7. The average molecular weight is 673 g/mol. The molecule has 0 radical (unpaired) electrons. The molecule has 4 atom stereocenters. The largest absolute Gasteiger partial charge is 0.508 e. The van der Waals surface area contributed by atoms with Gasteiger partial charge in [-0.25, -0.2) is 18.2 Å². The first kappa shape index (κ1) is 29.8. The maximum Gasteiger partial charge on any atom is 0.319 e. The molecule has 4 saturated heterocycles. The lowest BCUT2D eigenvalue weighted by atomic mass is 9.95. The summed E-state index contributed by atoms with van der Waals surface area (Å²) < 4.78 is 60.0. The molecule has 2 aromatic heterocycles. The molecule has 0 amide bonds. The average Bonchev–Trinajstić information content (AvgIpc) is 3.68. The van der Waals surface area contributed by atoms with Crippen LogP contribution in [0, 0.1) is 24.0 Å². The van der Waals surface area contributed by atoms with E-state index in [2.05, 4.69) is 31.0 Å². The molecule has 46 heavy (non-hydrogen) atoms. The first-order chi connectivity index (χ1) is 22.2. The number of nitrogens with one attached hydrogen (secondary N) is 1. The third-order valence-corrected chi connectivity index (χ3v) is 10.2. The number of terminal acetylenes is 1. The van der Waals surface area contributed by atoms with E-state index in [1.807, 2.05) is 6.40 Å². The quantitative estimate of drug-likeness (QED) is 0.204. The van der Waals surface area contributed by atoms with Crippen molar-refractivity contribution in [2.45, 2.75) is 55.9 Å². The Morgan fingerprint density at radius 1 is 1.15 bits per heavy atom. The van der Waals surface area contributed by atoms with E-state index in [0.29, 0.717) is 37.3 Å². The lowest BCUT2D eigenvalue weighted by Gasteiger charge is -2.34. The lowest BCUT2D eigenvalue weighted by molar-refractivity contribution is 0.107. The van der Waals surface area contributed by atoms with Crippen LogP contribution in [0.4, 0.5) is 19.0 Å². The summed E-state index contributed by atoms with van der Waals surface area (Å²) in [6.45, 7) is 2.55. The van der Waals surface area contributed by atoms with Crippen LogP contribution in [-0.4, -0.2) is 81.5 Å². The zero-order chi connectivity index (χ0) is 31.7. The Balaban J connectivity index is 0.00000351. The van der Waals surface area contributed by atoms with Gasteiger partial charge in [-0.1, -0.05) is 23.6 Å². The van der Waals surface area contributed by atoms with E-state index < -0.39 is 23.3 Å². The Morgan fingerprint density at radius 2 is 1.96 bits per heavy atom. The maximum absolute atomic E-state index is 16.9. The van der Waals surface area contributed by atoms with Gasteiger partial charge in [0.1, 0.15) is 47.9 Å². The topological polar surface area (TPSA) is 86.6 Å². The Hall–Kier alpha value is -3.56. The Bertz CT molecular complexity index is 1970. The van der Waals surface area contributed by atoms with E-state index in [0.717, 1.165) is 32.2 Å². The van der Waals surface area contributed by atoms with Crippen molar-refractivity contribution >= 4 is 51.5 Å². The number of benzene rings is 2. The van der Waals surface area contributed by atoms with Crippen molar-refractivity contribution in [3.05, 3.63) is 46.6 Å². The van der Waals surface area contributed by atoms with Gasteiger partial charge < -0.3 is 20.1 Å². The number of piperazine rings is 1. The minimum Gasteiger partial charge on any atom is -0.508 e. The molecule has 2 N–H and O–H groups in total. The Labute approximate surface area is 276 Å².